The molecule has 0 bridgehead atoms. The molecule has 0 aliphatic carbocycles. The number of nitrogens with zero attached hydrogens (tertiary/aromatic N) is 2. The number of hydrogen-bond acceptors (Lipinski definition) is 6. The fourth-order valence-corrected chi connectivity index (χ4v) is 4.84. The lowest BCUT2D eigenvalue weighted by molar-refractivity contribution is -0.118. The Morgan fingerprint density at radius 1 is 0.932 bits per heavy atom. The highest BCUT2D eigenvalue weighted by Gasteiger charge is 2.12. The first-order valence-corrected chi connectivity index (χ1v) is 14.7. The van der Waals surface area contributed by atoms with Crippen LogP contribution in [-0.4, -0.2) is 29.2 Å². The molecule has 44 heavy (non-hydrogen) atoms. The predicted molar refractivity (Wildman–Crippen MR) is 173 cm³/mol. The molecule has 0 atom stereocenters. The summed E-state index contributed by atoms with van der Waals surface area (Å²) in [5.74, 6) is 0.774. The van der Waals surface area contributed by atoms with Gasteiger partial charge in [0.05, 0.1) is 6.21 Å². The largest absolute Gasteiger partial charge is 0.486 e. The zero-order chi connectivity index (χ0) is 31.1. The quantitative estimate of drug-likeness (QED) is 0.112. The van der Waals surface area contributed by atoms with E-state index in [0.29, 0.717) is 33.5 Å². The second kappa shape index (κ2) is 14.1. The maximum absolute atomic E-state index is 12.6. The molecular weight excluding hydrogens is 648 g/mol. The summed E-state index contributed by atoms with van der Waals surface area (Å²) >= 11 is 9.30. The molecule has 5 rings (SSSR count). The van der Waals surface area contributed by atoms with Crippen LogP contribution in [0.15, 0.2) is 105 Å². The fourth-order valence-electron chi connectivity index (χ4n) is 4.34. The number of benzene rings is 3. The minimum atomic E-state index is -0.533. The van der Waals surface area contributed by atoms with Crippen molar-refractivity contribution in [3.8, 4) is 17.2 Å². The highest BCUT2D eigenvalue weighted by atomic mass is 79.9. The van der Waals surface area contributed by atoms with E-state index in [9.17, 15) is 9.59 Å². The Bertz CT molecular complexity index is 1780. The average molecular weight is 676 g/mol. The van der Waals surface area contributed by atoms with Crippen LogP contribution in [0, 0.1) is 13.8 Å². The number of aromatic nitrogens is 1. The lowest BCUT2D eigenvalue weighted by atomic mass is 10.2. The summed E-state index contributed by atoms with van der Waals surface area (Å²) < 4.78 is 20.1. The number of aryl methyl sites for hydroxylation is 2. The molecule has 2 aromatic heterocycles. The van der Waals surface area contributed by atoms with Gasteiger partial charge in [-0.1, -0.05) is 27.5 Å². The lowest BCUT2D eigenvalue weighted by Crippen LogP contribution is -2.20. The van der Waals surface area contributed by atoms with Crippen LogP contribution in [0.1, 0.15) is 33.3 Å². The molecule has 5 aromatic rings. The van der Waals surface area contributed by atoms with Crippen LogP contribution in [0.2, 0.25) is 5.02 Å². The number of halogens is 2. The van der Waals surface area contributed by atoms with Gasteiger partial charge in [0.25, 0.3) is 5.91 Å². The van der Waals surface area contributed by atoms with Crippen molar-refractivity contribution in [3.05, 3.63) is 129 Å². The molecule has 0 radical (unpaired) electrons. The Labute approximate surface area is 267 Å². The number of anilines is 1. The number of furan rings is 1. The Kier molecular flexibility index (Phi) is 9.83. The highest BCUT2D eigenvalue weighted by molar-refractivity contribution is 9.10. The summed E-state index contributed by atoms with van der Waals surface area (Å²) in [5, 5.41) is 7.34. The molecule has 0 aliphatic rings. The zero-order valence-corrected chi connectivity index (χ0v) is 26.2. The summed E-state index contributed by atoms with van der Waals surface area (Å²) in [6.07, 6.45) is 1.42. The molecule has 0 spiro atoms. The molecule has 2 heterocycles. The molecule has 2 amide bonds. The van der Waals surface area contributed by atoms with E-state index >= 15 is 0 Å². The van der Waals surface area contributed by atoms with Crippen molar-refractivity contribution < 1.29 is 23.5 Å². The van der Waals surface area contributed by atoms with E-state index in [1.165, 1.54) is 6.21 Å². The van der Waals surface area contributed by atoms with Gasteiger partial charge in [0, 0.05) is 37.8 Å². The summed E-state index contributed by atoms with van der Waals surface area (Å²) in [6.45, 7) is 4.05. The van der Waals surface area contributed by atoms with Crippen molar-refractivity contribution in [2.75, 3.05) is 11.9 Å². The van der Waals surface area contributed by atoms with Crippen LogP contribution >= 0.6 is 27.5 Å². The molecule has 11 heteroatoms. The van der Waals surface area contributed by atoms with Gasteiger partial charge in [-0.2, -0.15) is 5.10 Å². The van der Waals surface area contributed by atoms with Crippen molar-refractivity contribution in [2.24, 2.45) is 5.10 Å². The van der Waals surface area contributed by atoms with Crippen LogP contribution < -0.4 is 20.2 Å². The number of nitrogens with one attached hydrogen (secondary N) is 2. The molecule has 2 N–H and O–H groups in total. The number of carbonyl (C=O) groups is 2. The van der Waals surface area contributed by atoms with Crippen LogP contribution in [0.5, 0.6) is 11.5 Å². The lowest BCUT2D eigenvalue weighted by Gasteiger charge is -2.10. The van der Waals surface area contributed by atoms with Gasteiger partial charge in [0.2, 0.25) is 0 Å². The topological polar surface area (TPSA) is 107 Å². The number of ether oxygens (including phenoxy) is 2. The Balaban J connectivity index is 1.13. The minimum absolute atomic E-state index is 0.0826. The maximum atomic E-state index is 12.6. The molecule has 0 saturated heterocycles. The van der Waals surface area contributed by atoms with E-state index in [2.05, 4.69) is 62.3 Å². The van der Waals surface area contributed by atoms with Gasteiger partial charge >= 0.3 is 5.91 Å². The molecule has 0 fully saturated rings. The van der Waals surface area contributed by atoms with Gasteiger partial charge in [-0.3, -0.25) is 9.59 Å². The van der Waals surface area contributed by atoms with Crippen LogP contribution in [0.25, 0.3) is 5.69 Å². The normalized spacial score (nSPS) is 11.0. The van der Waals surface area contributed by atoms with Gasteiger partial charge < -0.3 is 23.8 Å². The standard InChI is InChI=1S/C33H28BrClN4O5/c1-21-3-4-22(2)39(21)27-10-12-28(13-11-27)42-19-29-14-16-31(44-29)33(41)38-36-18-23-17-24(34)5-15-30(23)43-20-32(40)37-26-8-6-25(35)7-9-26/h3-18H,19-20H2,1-2H3,(H,37,40)(H,38,41)/b36-18+. The average Bonchev–Trinajstić information content (AvgIpc) is 3.63. The van der Waals surface area contributed by atoms with Gasteiger partial charge in [-0.25, -0.2) is 5.43 Å². The predicted octanol–water partition coefficient (Wildman–Crippen LogP) is 7.46. The van der Waals surface area contributed by atoms with Gasteiger partial charge in [0.15, 0.2) is 12.4 Å². The van der Waals surface area contributed by atoms with E-state index in [1.54, 1.807) is 54.6 Å². The number of carbonyl (C=O) groups excluding carboxylic acids is 2. The van der Waals surface area contributed by atoms with Crippen LogP contribution in [-0.2, 0) is 11.4 Å². The van der Waals surface area contributed by atoms with Crippen molar-refractivity contribution in [1.82, 2.24) is 9.99 Å². The Morgan fingerprint density at radius 3 is 2.39 bits per heavy atom. The molecule has 9 nitrogen and oxygen atoms in total. The summed E-state index contributed by atoms with van der Waals surface area (Å²) in [4.78, 5) is 25.0. The van der Waals surface area contributed by atoms with Crippen LogP contribution in [0.4, 0.5) is 5.69 Å². The monoisotopic (exact) mass is 674 g/mol. The molecule has 224 valence electrons. The van der Waals surface area contributed by atoms with E-state index < -0.39 is 5.91 Å². The van der Waals surface area contributed by atoms with Gasteiger partial charge in [-0.15, -0.1) is 0 Å². The SMILES string of the molecule is Cc1ccc(C)n1-c1ccc(OCc2ccc(C(=O)N/N=C/c3cc(Br)ccc3OCC(=O)Nc3ccc(Cl)cc3)o2)cc1. The van der Waals surface area contributed by atoms with Crippen molar-refractivity contribution >= 4 is 51.2 Å². The minimum Gasteiger partial charge on any atom is -0.486 e. The maximum Gasteiger partial charge on any atom is 0.307 e. The summed E-state index contributed by atoms with van der Waals surface area (Å²) in [6, 6.07) is 27.1. The third kappa shape index (κ3) is 7.97. The Morgan fingerprint density at radius 2 is 1.66 bits per heavy atom. The number of hydrazone groups is 1. The Hall–Kier alpha value is -4.80. The number of amides is 2. The number of rotatable bonds is 11. The molecule has 0 aliphatic heterocycles. The van der Waals surface area contributed by atoms with E-state index in [1.807, 2.05) is 24.3 Å². The fraction of sp³-hybridized carbons (Fsp3) is 0.121. The van der Waals surface area contributed by atoms with E-state index in [0.717, 1.165) is 21.5 Å². The first-order valence-electron chi connectivity index (χ1n) is 13.5. The molecule has 0 unspecified atom stereocenters. The van der Waals surface area contributed by atoms with Gasteiger partial charge in [0.1, 0.15) is 23.9 Å². The third-order valence-corrected chi connectivity index (χ3v) is 7.21. The number of hydrogen-bond donors (Lipinski definition) is 2. The first kappa shape index (κ1) is 30.7. The molecule has 3 aromatic carbocycles. The van der Waals surface area contributed by atoms with Crippen molar-refractivity contribution in [3.63, 3.8) is 0 Å². The highest BCUT2D eigenvalue weighted by Crippen LogP contribution is 2.23. The molecule has 0 saturated carbocycles. The summed E-state index contributed by atoms with van der Waals surface area (Å²) in [7, 11) is 0. The second-order valence-corrected chi connectivity index (χ2v) is 11.1. The first-order chi connectivity index (χ1) is 21.2. The van der Waals surface area contributed by atoms with Crippen LogP contribution in [0.3, 0.4) is 0 Å². The molecular formula is C33H28BrClN4O5. The second-order valence-electron chi connectivity index (χ2n) is 9.73. The zero-order valence-electron chi connectivity index (χ0n) is 23.8. The van der Waals surface area contributed by atoms with Crippen molar-refractivity contribution in [2.45, 2.75) is 20.5 Å². The van der Waals surface area contributed by atoms with Gasteiger partial charge in [-0.05, 0) is 105 Å². The van der Waals surface area contributed by atoms with E-state index in [-0.39, 0.29) is 24.9 Å². The van der Waals surface area contributed by atoms with E-state index in [4.69, 9.17) is 25.5 Å². The summed E-state index contributed by atoms with van der Waals surface area (Å²) in [5.41, 5.74) is 6.95. The third-order valence-electron chi connectivity index (χ3n) is 6.46. The van der Waals surface area contributed by atoms with Crippen molar-refractivity contribution in [1.29, 1.82) is 0 Å². The smallest absolute Gasteiger partial charge is 0.307 e.